The van der Waals surface area contributed by atoms with E-state index in [1.54, 1.807) is 18.2 Å². The van der Waals surface area contributed by atoms with E-state index < -0.39 is 0 Å². The van der Waals surface area contributed by atoms with Crippen LogP contribution in [0.5, 0.6) is 5.75 Å². The number of hydrogen-bond donors (Lipinski definition) is 1. The van der Waals surface area contributed by atoms with Crippen LogP contribution in [-0.4, -0.2) is 15.2 Å². The minimum Gasteiger partial charge on any atom is -0.507 e. The third-order valence-electron chi connectivity index (χ3n) is 2.25. The Hall–Kier alpha value is -1.36. The normalized spacial score (nSPS) is 11.1. The van der Waals surface area contributed by atoms with E-state index in [0.717, 1.165) is 10.9 Å². The molecule has 17 heavy (non-hydrogen) atoms. The zero-order chi connectivity index (χ0) is 12.4. The second-order valence-corrected chi connectivity index (χ2v) is 5.19. The van der Waals surface area contributed by atoms with Gasteiger partial charge in [0.25, 0.3) is 5.89 Å². The molecule has 4 nitrogen and oxygen atoms in total. The first-order valence-corrected chi connectivity index (χ1v) is 6.17. The Balaban J connectivity index is 2.33. The van der Waals surface area contributed by atoms with Crippen molar-refractivity contribution in [2.24, 2.45) is 5.92 Å². The number of halogens is 1. The fourth-order valence-corrected chi connectivity index (χ4v) is 1.85. The van der Waals surface area contributed by atoms with Crippen LogP contribution in [0.2, 0.25) is 0 Å². The molecular weight excluding hydrogens is 284 g/mol. The quantitative estimate of drug-likeness (QED) is 0.943. The van der Waals surface area contributed by atoms with Crippen molar-refractivity contribution in [3.05, 3.63) is 28.5 Å². The van der Waals surface area contributed by atoms with Crippen LogP contribution in [0.25, 0.3) is 11.5 Å². The van der Waals surface area contributed by atoms with Gasteiger partial charge in [0.2, 0.25) is 0 Å². The van der Waals surface area contributed by atoms with E-state index >= 15 is 0 Å². The summed E-state index contributed by atoms with van der Waals surface area (Å²) in [6, 6.07) is 5.10. The Morgan fingerprint density at radius 1 is 1.41 bits per heavy atom. The molecular formula is C12H13BrN2O2. The van der Waals surface area contributed by atoms with Crippen LogP contribution in [0.15, 0.2) is 27.2 Å². The van der Waals surface area contributed by atoms with Crippen LogP contribution in [0.4, 0.5) is 0 Å². The predicted octanol–water partition coefficient (Wildman–Crippen LogP) is 3.40. The number of benzene rings is 1. The molecule has 0 aliphatic rings. The Bertz CT molecular complexity index is 523. The zero-order valence-corrected chi connectivity index (χ0v) is 11.2. The van der Waals surface area contributed by atoms with Gasteiger partial charge >= 0.3 is 0 Å². The van der Waals surface area contributed by atoms with E-state index in [0.29, 0.717) is 23.2 Å². The van der Waals surface area contributed by atoms with Crippen LogP contribution in [0.1, 0.15) is 19.7 Å². The number of rotatable bonds is 3. The standard InChI is InChI=1S/C12H13BrN2O2/c1-7(2)5-11-14-12(17-15-11)9-6-8(13)3-4-10(9)16/h3-4,6-7,16H,5H2,1-2H3. The monoisotopic (exact) mass is 296 g/mol. The fourth-order valence-electron chi connectivity index (χ4n) is 1.49. The highest BCUT2D eigenvalue weighted by molar-refractivity contribution is 9.10. The van der Waals surface area contributed by atoms with Gasteiger partial charge in [0.15, 0.2) is 5.82 Å². The summed E-state index contributed by atoms with van der Waals surface area (Å²) in [4.78, 5) is 4.26. The number of aromatic hydroxyl groups is 1. The van der Waals surface area contributed by atoms with E-state index in [4.69, 9.17) is 4.52 Å². The van der Waals surface area contributed by atoms with E-state index in [1.165, 1.54) is 0 Å². The van der Waals surface area contributed by atoms with Crippen molar-refractivity contribution >= 4 is 15.9 Å². The Morgan fingerprint density at radius 3 is 2.88 bits per heavy atom. The van der Waals surface area contributed by atoms with Crippen LogP contribution >= 0.6 is 15.9 Å². The van der Waals surface area contributed by atoms with Crippen molar-refractivity contribution < 1.29 is 9.63 Å². The molecule has 0 saturated carbocycles. The van der Waals surface area contributed by atoms with Crippen molar-refractivity contribution in [1.82, 2.24) is 10.1 Å². The maximum atomic E-state index is 9.73. The summed E-state index contributed by atoms with van der Waals surface area (Å²) in [7, 11) is 0. The van der Waals surface area contributed by atoms with E-state index in [2.05, 4.69) is 39.9 Å². The topological polar surface area (TPSA) is 59.2 Å². The SMILES string of the molecule is CC(C)Cc1noc(-c2cc(Br)ccc2O)n1. The average molecular weight is 297 g/mol. The van der Waals surface area contributed by atoms with Crippen LogP contribution in [0, 0.1) is 5.92 Å². The number of phenolic OH excluding ortho intramolecular Hbond substituents is 1. The van der Waals surface area contributed by atoms with Gasteiger partial charge in [-0.3, -0.25) is 0 Å². The fraction of sp³-hybridized carbons (Fsp3) is 0.333. The summed E-state index contributed by atoms with van der Waals surface area (Å²) >= 11 is 3.34. The molecule has 1 aromatic heterocycles. The molecule has 0 atom stereocenters. The number of aromatic nitrogens is 2. The van der Waals surface area contributed by atoms with Crippen molar-refractivity contribution in [1.29, 1.82) is 0 Å². The second kappa shape index (κ2) is 4.87. The highest BCUT2D eigenvalue weighted by Gasteiger charge is 2.13. The van der Waals surface area contributed by atoms with Gasteiger partial charge in [0.1, 0.15) is 5.75 Å². The van der Waals surface area contributed by atoms with Crippen molar-refractivity contribution in [2.75, 3.05) is 0 Å². The molecule has 2 rings (SSSR count). The van der Waals surface area contributed by atoms with Gasteiger partial charge in [0.05, 0.1) is 5.56 Å². The Kier molecular flexibility index (Phi) is 3.47. The first-order chi connectivity index (χ1) is 8.06. The van der Waals surface area contributed by atoms with Crippen molar-refractivity contribution in [2.45, 2.75) is 20.3 Å². The molecule has 1 N–H and O–H groups in total. The largest absolute Gasteiger partial charge is 0.507 e. The molecule has 0 radical (unpaired) electrons. The predicted molar refractivity (Wildman–Crippen MR) is 67.6 cm³/mol. The highest BCUT2D eigenvalue weighted by atomic mass is 79.9. The maximum absolute atomic E-state index is 9.73. The molecule has 0 amide bonds. The molecule has 1 heterocycles. The lowest BCUT2D eigenvalue weighted by Crippen LogP contribution is -1.95. The molecule has 0 fully saturated rings. The number of phenols is 1. The lowest BCUT2D eigenvalue weighted by atomic mass is 10.1. The summed E-state index contributed by atoms with van der Waals surface area (Å²) in [5.74, 6) is 1.61. The first-order valence-electron chi connectivity index (χ1n) is 5.37. The Morgan fingerprint density at radius 2 is 2.18 bits per heavy atom. The molecule has 0 spiro atoms. The minimum absolute atomic E-state index is 0.132. The second-order valence-electron chi connectivity index (χ2n) is 4.28. The van der Waals surface area contributed by atoms with Crippen LogP contribution < -0.4 is 0 Å². The molecule has 0 aliphatic heterocycles. The van der Waals surface area contributed by atoms with Gasteiger partial charge in [0, 0.05) is 10.9 Å². The number of nitrogens with zero attached hydrogens (tertiary/aromatic N) is 2. The van der Waals surface area contributed by atoms with Gasteiger partial charge < -0.3 is 9.63 Å². The van der Waals surface area contributed by atoms with Gasteiger partial charge in [-0.15, -0.1) is 0 Å². The van der Waals surface area contributed by atoms with Crippen molar-refractivity contribution in [3.63, 3.8) is 0 Å². The molecule has 0 aliphatic carbocycles. The van der Waals surface area contributed by atoms with E-state index in [9.17, 15) is 5.11 Å². The van der Waals surface area contributed by atoms with Gasteiger partial charge in [-0.05, 0) is 24.1 Å². The summed E-state index contributed by atoms with van der Waals surface area (Å²) in [6.45, 7) is 4.18. The minimum atomic E-state index is 0.132. The smallest absolute Gasteiger partial charge is 0.261 e. The molecule has 0 unspecified atom stereocenters. The Labute approximate surface area is 108 Å². The summed E-state index contributed by atoms with van der Waals surface area (Å²) in [5, 5.41) is 13.6. The lowest BCUT2D eigenvalue weighted by molar-refractivity contribution is 0.413. The number of hydrogen-bond acceptors (Lipinski definition) is 4. The van der Waals surface area contributed by atoms with Crippen LogP contribution in [0.3, 0.4) is 0 Å². The molecule has 0 bridgehead atoms. The summed E-state index contributed by atoms with van der Waals surface area (Å²) in [6.07, 6.45) is 0.762. The molecule has 90 valence electrons. The first kappa shape index (κ1) is 12.1. The molecule has 2 aromatic rings. The molecule has 5 heteroatoms. The third-order valence-corrected chi connectivity index (χ3v) is 2.74. The highest BCUT2D eigenvalue weighted by Crippen LogP contribution is 2.30. The van der Waals surface area contributed by atoms with Crippen molar-refractivity contribution in [3.8, 4) is 17.2 Å². The summed E-state index contributed by atoms with van der Waals surface area (Å²) in [5.41, 5.74) is 0.543. The van der Waals surface area contributed by atoms with Gasteiger partial charge in [-0.1, -0.05) is 34.9 Å². The maximum Gasteiger partial charge on any atom is 0.261 e. The van der Waals surface area contributed by atoms with Gasteiger partial charge in [-0.2, -0.15) is 4.98 Å². The van der Waals surface area contributed by atoms with Crippen LogP contribution in [-0.2, 0) is 6.42 Å². The summed E-state index contributed by atoms with van der Waals surface area (Å²) < 4.78 is 6.00. The average Bonchev–Trinajstić information content (AvgIpc) is 2.69. The van der Waals surface area contributed by atoms with E-state index in [-0.39, 0.29) is 5.75 Å². The third kappa shape index (κ3) is 2.85. The molecule has 0 saturated heterocycles. The lowest BCUT2D eigenvalue weighted by Gasteiger charge is -1.99. The zero-order valence-electron chi connectivity index (χ0n) is 9.64. The molecule has 1 aromatic carbocycles. The van der Waals surface area contributed by atoms with E-state index in [1.807, 2.05) is 0 Å². The van der Waals surface area contributed by atoms with Gasteiger partial charge in [-0.25, -0.2) is 0 Å².